The molecule has 37 heavy (non-hydrogen) atoms. The quantitative estimate of drug-likeness (QED) is 0.373. The summed E-state index contributed by atoms with van der Waals surface area (Å²) in [5.74, 6) is -1.97. The lowest BCUT2D eigenvalue weighted by atomic mass is 10.0. The Morgan fingerprint density at radius 3 is 2.49 bits per heavy atom. The zero-order valence-electron chi connectivity index (χ0n) is 20.0. The van der Waals surface area contributed by atoms with E-state index in [9.17, 15) is 18.4 Å². The normalized spacial score (nSPS) is 18.3. The number of nitrogens with two attached hydrogens (primary N) is 1. The molecule has 2 aliphatic heterocycles. The molecule has 2 aliphatic rings. The third-order valence-electron chi connectivity index (χ3n) is 6.32. The second-order valence-corrected chi connectivity index (χ2v) is 9.11. The van der Waals surface area contributed by atoms with E-state index in [-0.39, 0.29) is 41.0 Å². The molecule has 2 aromatic rings. The Kier molecular flexibility index (Phi) is 8.47. The largest absolute Gasteiger partial charge is 0.386 e. The minimum Gasteiger partial charge on any atom is -0.386 e. The van der Waals surface area contributed by atoms with Gasteiger partial charge in [-0.25, -0.2) is 8.78 Å². The SMILES string of the molecule is N=C(CC1C(N)=NCCN1Cc1c(F)ccc(F)c1Cl)C(=O)Nc1ccc(C(=O)N2CCOCC2)cc1. The Bertz CT molecular complexity index is 1220. The van der Waals surface area contributed by atoms with E-state index in [0.29, 0.717) is 50.6 Å². The molecule has 4 N–H and O–H groups in total. The number of ether oxygens (including phenoxy) is 1. The molecule has 196 valence electrons. The fourth-order valence-corrected chi connectivity index (χ4v) is 4.45. The molecule has 2 heterocycles. The topological polar surface area (TPSA) is 124 Å². The van der Waals surface area contributed by atoms with Gasteiger partial charge in [0.2, 0.25) is 0 Å². The van der Waals surface area contributed by atoms with E-state index < -0.39 is 23.6 Å². The molecule has 0 spiro atoms. The zero-order valence-corrected chi connectivity index (χ0v) is 20.7. The van der Waals surface area contributed by atoms with Gasteiger partial charge in [0.1, 0.15) is 17.5 Å². The van der Waals surface area contributed by atoms with Crippen LogP contribution in [0.15, 0.2) is 41.4 Å². The van der Waals surface area contributed by atoms with E-state index in [0.717, 1.165) is 12.1 Å². The third kappa shape index (κ3) is 6.30. The molecular weight excluding hydrogens is 506 g/mol. The summed E-state index contributed by atoms with van der Waals surface area (Å²) in [5, 5.41) is 10.6. The number of carbonyl (C=O) groups is 2. The van der Waals surface area contributed by atoms with Crippen molar-refractivity contribution in [1.82, 2.24) is 9.80 Å². The van der Waals surface area contributed by atoms with Crippen LogP contribution in [0.4, 0.5) is 14.5 Å². The molecule has 2 aromatic carbocycles. The first-order chi connectivity index (χ1) is 17.7. The van der Waals surface area contributed by atoms with Gasteiger partial charge in [-0.2, -0.15) is 0 Å². The summed E-state index contributed by atoms with van der Waals surface area (Å²) in [6.07, 6.45) is -0.0939. The summed E-state index contributed by atoms with van der Waals surface area (Å²) in [4.78, 5) is 32.9. The third-order valence-corrected chi connectivity index (χ3v) is 6.73. The van der Waals surface area contributed by atoms with Crippen molar-refractivity contribution in [3.63, 3.8) is 0 Å². The van der Waals surface area contributed by atoms with Crippen molar-refractivity contribution in [3.05, 3.63) is 64.2 Å². The molecule has 4 rings (SSSR count). The van der Waals surface area contributed by atoms with Crippen LogP contribution in [0.25, 0.3) is 0 Å². The predicted octanol–water partition coefficient (Wildman–Crippen LogP) is 2.68. The van der Waals surface area contributed by atoms with Gasteiger partial charge in [-0.1, -0.05) is 11.6 Å². The predicted molar refractivity (Wildman–Crippen MR) is 136 cm³/mol. The van der Waals surface area contributed by atoms with Crippen molar-refractivity contribution in [2.45, 2.75) is 19.0 Å². The Balaban J connectivity index is 1.39. The van der Waals surface area contributed by atoms with E-state index in [2.05, 4.69) is 10.3 Å². The van der Waals surface area contributed by atoms with Crippen LogP contribution in [0.5, 0.6) is 0 Å². The molecule has 0 bridgehead atoms. The maximum absolute atomic E-state index is 14.4. The molecule has 0 saturated carbocycles. The molecule has 1 saturated heterocycles. The number of hydrogen-bond donors (Lipinski definition) is 3. The van der Waals surface area contributed by atoms with E-state index >= 15 is 0 Å². The molecular formula is C25H27ClF2N6O3. The van der Waals surface area contributed by atoms with Gasteiger partial charge in [0.25, 0.3) is 11.8 Å². The minimum absolute atomic E-state index is 0.0240. The molecule has 1 atom stereocenters. The summed E-state index contributed by atoms with van der Waals surface area (Å²) in [6.45, 7) is 2.70. The van der Waals surface area contributed by atoms with Crippen LogP contribution in [-0.4, -0.2) is 78.6 Å². The summed E-state index contributed by atoms with van der Waals surface area (Å²) in [7, 11) is 0. The lowest BCUT2D eigenvalue weighted by Crippen LogP contribution is -2.50. The maximum Gasteiger partial charge on any atom is 0.269 e. The van der Waals surface area contributed by atoms with Crippen LogP contribution in [0.2, 0.25) is 5.02 Å². The van der Waals surface area contributed by atoms with Crippen molar-refractivity contribution in [3.8, 4) is 0 Å². The van der Waals surface area contributed by atoms with Gasteiger partial charge in [0.05, 0.1) is 36.5 Å². The number of amidine groups is 1. The monoisotopic (exact) mass is 532 g/mol. The number of morpholine rings is 1. The number of halogens is 3. The number of rotatable bonds is 7. The van der Waals surface area contributed by atoms with Crippen LogP contribution < -0.4 is 11.1 Å². The van der Waals surface area contributed by atoms with Crippen molar-refractivity contribution < 1.29 is 23.1 Å². The number of amides is 2. The highest BCUT2D eigenvalue weighted by molar-refractivity contribution is 6.42. The van der Waals surface area contributed by atoms with Gasteiger partial charge >= 0.3 is 0 Å². The smallest absolute Gasteiger partial charge is 0.269 e. The fraction of sp³-hybridized carbons (Fsp3) is 0.360. The van der Waals surface area contributed by atoms with Crippen molar-refractivity contribution in [1.29, 1.82) is 5.41 Å². The highest BCUT2D eigenvalue weighted by atomic mass is 35.5. The first-order valence-electron chi connectivity index (χ1n) is 11.8. The van der Waals surface area contributed by atoms with Crippen molar-refractivity contribution in [2.75, 3.05) is 44.7 Å². The lowest BCUT2D eigenvalue weighted by Gasteiger charge is -2.34. The highest BCUT2D eigenvalue weighted by Gasteiger charge is 2.30. The molecule has 0 aliphatic carbocycles. The Morgan fingerprint density at radius 1 is 1.11 bits per heavy atom. The van der Waals surface area contributed by atoms with E-state index in [4.69, 9.17) is 27.5 Å². The van der Waals surface area contributed by atoms with Gasteiger partial charge in [0.15, 0.2) is 0 Å². The van der Waals surface area contributed by atoms with Gasteiger partial charge in [-0.15, -0.1) is 0 Å². The van der Waals surface area contributed by atoms with Gasteiger partial charge in [-0.3, -0.25) is 24.9 Å². The number of hydrogen-bond acceptors (Lipinski definition) is 7. The summed E-state index contributed by atoms with van der Waals surface area (Å²) in [6, 6.07) is 7.70. The van der Waals surface area contributed by atoms with E-state index in [1.54, 1.807) is 34.1 Å². The summed E-state index contributed by atoms with van der Waals surface area (Å²) in [5.41, 5.74) is 6.69. The van der Waals surface area contributed by atoms with Crippen LogP contribution in [0.1, 0.15) is 22.3 Å². The van der Waals surface area contributed by atoms with Crippen LogP contribution >= 0.6 is 11.6 Å². The molecule has 0 radical (unpaired) electrons. The van der Waals surface area contributed by atoms with Crippen molar-refractivity contribution >= 4 is 40.6 Å². The van der Waals surface area contributed by atoms with Crippen molar-refractivity contribution in [2.24, 2.45) is 10.7 Å². The van der Waals surface area contributed by atoms with Gasteiger partial charge in [-0.05, 0) is 36.4 Å². The second-order valence-electron chi connectivity index (χ2n) is 8.73. The summed E-state index contributed by atoms with van der Waals surface area (Å²) >= 11 is 5.98. The minimum atomic E-state index is -0.738. The average molecular weight is 533 g/mol. The highest BCUT2D eigenvalue weighted by Crippen LogP contribution is 2.26. The Morgan fingerprint density at radius 2 is 1.78 bits per heavy atom. The van der Waals surface area contributed by atoms with Gasteiger partial charge in [0, 0.05) is 49.4 Å². The number of benzene rings is 2. The molecule has 9 nitrogen and oxygen atoms in total. The van der Waals surface area contributed by atoms with E-state index in [1.165, 1.54) is 0 Å². The molecule has 2 amide bonds. The lowest BCUT2D eigenvalue weighted by molar-refractivity contribution is -0.110. The van der Waals surface area contributed by atoms with Crippen LogP contribution in [0.3, 0.4) is 0 Å². The first kappa shape index (κ1) is 26.6. The average Bonchev–Trinajstić information content (AvgIpc) is 2.91. The number of carbonyl (C=O) groups excluding carboxylic acids is 2. The number of anilines is 1. The molecule has 1 fully saturated rings. The van der Waals surface area contributed by atoms with Crippen LogP contribution in [-0.2, 0) is 16.1 Å². The van der Waals surface area contributed by atoms with E-state index in [1.807, 2.05) is 0 Å². The number of nitrogens with one attached hydrogen (secondary N) is 2. The number of aliphatic imine (C=N–C) groups is 1. The Hall–Kier alpha value is -3.41. The van der Waals surface area contributed by atoms with Crippen LogP contribution in [0, 0.1) is 17.0 Å². The maximum atomic E-state index is 14.4. The zero-order chi connectivity index (χ0) is 26.5. The van der Waals surface area contributed by atoms with Gasteiger partial charge < -0.3 is 20.7 Å². The first-order valence-corrected chi connectivity index (χ1v) is 12.1. The summed E-state index contributed by atoms with van der Waals surface area (Å²) < 4.78 is 33.5. The molecule has 1 unspecified atom stereocenters. The standard InChI is InChI=1S/C25H27ClF2N6O3/c26-22-17(18(27)5-6-19(22)28)14-34-8-7-31-23(30)21(34)13-20(29)24(35)32-16-3-1-15(2-4-16)25(36)33-9-11-37-12-10-33/h1-6,21,29H,7-14H2,(H2,30,31)(H,32,35). The fourth-order valence-electron chi connectivity index (χ4n) is 4.23. The number of nitrogens with zero attached hydrogens (tertiary/aromatic N) is 3. The Labute approximate surface area is 217 Å². The second kappa shape index (κ2) is 11.8. The molecule has 0 aromatic heterocycles. The molecule has 12 heteroatoms.